The molecule has 0 aliphatic rings. The summed E-state index contributed by atoms with van der Waals surface area (Å²) in [5.41, 5.74) is 7.90. The first-order valence-electron chi connectivity index (χ1n) is 16.6. The maximum atomic E-state index is 5.52. The van der Waals surface area contributed by atoms with Gasteiger partial charge in [0, 0.05) is 64.4 Å². The minimum Gasteiger partial charge on any atom is -0.276 e. The van der Waals surface area contributed by atoms with Crippen molar-refractivity contribution in [2.45, 2.75) is 0 Å². The molecule has 11 aromatic rings. The lowest BCUT2D eigenvalue weighted by molar-refractivity contribution is 1.01. The van der Waals surface area contributed by atoms with E-state index in [-0.39, 0.29) is 0 Å². The van der Waals surface area contributed by atoms with Crippen LogP contribution in [-0.4, -0.2) is 24.5 Å². The maximum absolute atomic E-state index is 5.52. The minimum atomic E-state index is 0.615. The average molecular weight is 656 g/mol. The van der Waals surface area contributed by atoms with Gasteiger partial charge in [0.15, 0.2) is 0 Å². The Morgan fingerprint density at radius 1 is 0.460 bits per heavy atom. The maximum Gasteiger partial charge on any atom is 0.235 e. The molecule has 0 saturated carbocycles. The molecule has 6 aromatic carbocycles. The van der Waals surface area contributed by atoms with Crippen LogP contribution in [0.25, 0.3) is 103 Å². The lowest BCUT2D eigenvalue weighted by Crippen LogP contribution is -2.03. The Morgan fingerprint density at radius 3 is 2.12 bits per heavy atom. The molecule has 0 unspecified atom stereocenters. The van der Waals surface area contributed by atoms with Gasteiger partial charge in [0.2, 0.25) is 5.95 Å². The smallest absolute Gasteiger partial charge is 0.235 e. The van der Waals surface area contributed by atoms with E-state index >= 15 is 0 Å². The van der Waals surface area contributed by atoms with Crippen LogP contribution in [0.5, 0.6) is 0 Å². The van der Waals surface area contributed by atoms with E-state index in [2.05, 4.69) is 119 Å². The van der Waals surface area contributed by atoms with Crippen LogP contribution < -0.4 is 0 Å². The average Bonchev–Trinajstić information content (AvgIpc) is 3.73. The normalized spacial score (nSPS) is 12.0. The molecule has 0 fully saturated rings. The van der Waals surface area contributed by atoms with Gasteiger partial charge in [-0.15, -0.1) is 11.3 Å². The Labute approximate surface area is 289 Å². The van der Waals surface area contributed by atoms with Crippen molar-refractivity contribution in [1.29, 1.82) is 0 Å². The van der Waals surface area contributed by atoms with Crippen LogP contribution in [0.4, 0.5) is 0 Å². The first kappa shape index (κ1) is 27.5. The van der Waals surface area contributed by atoms with Crippen molar-refractivity contribution in [3.63, 3.8) is 0 Å². The number of pyridine rings is 2. The highest BCUT2D eigenvalue weighted by Gasteiger charge is 2.20. The molecule has 0 atom stereocenters. The van der Waals surface area contributed by atoms with Crippen LogP contribution in [0, 0.1) is 0 Å². The summed E-state index contributed by atoms with van der Waals surface area (Å²) in [6, 6.07) is 49.1. The molecule has 5 nitrogen and oxygen atoms in total. The van der Waals surface area contributed by atoms with Crippen LogP contribution in [0.2, 0.25) is 0 Å². The van der Waals surface area contributed by atoms with Crippen LogP contribution in [-0.2, 0) is 0 Å². The first-order valence-corrected chi connectivity index (χ1v) is 17.5. The zero-order valence-electron chi connectivity index (χ0n) is 26.6. The molecule has 0 aliphatic heterocycles. The lowest BCUT2D eigenvalue weighted by atomic mass is 9.97. The third-order valence-corrected chi connectivity index (χ3v) is 11.0. The van der Waals surface area contributed by atoms with Crippen molar-refractivity contribution in [2.75, 3.05) is 0 Å². The lowest BCUT2D eigenvalue weighted by Gasteiger charge is -2.12. The predicted octanol–water partition coefficient (Wildman–Crippen LogP) is 11.5. The molecule has 11 rings (SSSR count). The molecular weight excluding hydrogens is 631 g/mol. The van der Waals surface area contributed by atoms with Crippen LogP contribution >= 0.6 is 11.3 Å². The van der Waals surface area contributed by atoms with Crippen molar-refractivity contribution >= 4 is 85.9 Å². The third-order valence-electron chi connectivity index (χ3n) is 9.89. The number of para-hydroxylation sites is 1. The van der Waals surface area contributed by atoms with E-state index in [1.807, 2.05) is 54.1 Å². The summed E-state index contributed by atoms with van der Waals surface area (Å²) in [7, 11) is 0. The van der Waals surface area contributed by atoms with Gasteiger partial charge in [0.1, 0.15) is 0 Å². The van der Waals surface area contributed by atoms with Gasteiger partial charge in [0.05, 0.1) is 39.7 Å². The zero-order valence-corrected chi connectivity index (χ0v) is 27.4. The third kappa shape index (κ3) is 3.94. The summed E-state index contributed by atoms with van der Waals surface area (Å²) in [4.78, 5) is 20.4. The van der Waals surface area contributed by atoms with Crippen molar-refractivity contribution < 1.29 is 0 Å². The van der Waals surface area contributed by atoms with E-state index in [1.165, 1.54) is 30.9 Å². The summed E-state index contributed by atoms with van der Waals surface area (Å²) < 4.78 is 4.68. The molecule has 0 N–H and O–H groups in total. The van der Waals surface area contributed by atoms with Gasteiger partial charge in [-0.1, -0.05) is 103 Å². The highest BCUT2D eigenvalue weighted by molar-refractivity contribution is 7.26. The van der Waals surface area contributed by atoms with Gasteiger partial charge in [-0.2, -0.15) is 0 Å². The fourth-order valence-electron chi connectivity index (χ4n) is 7.66. The monoisotopic (exact) mass is 655 g/mol. The van der Waals surface area contributed by atoms with Gasteiger partial charge in [-0.25, -0.2) is 15.0 Å². The van der Waals surface area contributed by atoms with Crippen molar-refractivity contribution in [1.82, 2.24) is 24.5 Å². The minimum absolute atomic E-state index is 0.615. The fourth-order valence-corrected chi connectivity index (χ4v) is 8.77. The standard InChI is InChI=1S/C44H25N5S/c1-2-10-26(11-3-1)41-32-14-6-8-16-35(32)46-44(48-41)49-36-20-18-27(24-34(36)29-22-23-45-25-37(29)49)42-30-13-5-4-12-28(30)31-19-21-39-40(43(31)47-42)33-15-7-9-17-38(33)50-39/h1-25H. The molecular formula is C44H25N5S. The number of thiophene rings is 1. The van der Waals surface area contributed by atoms with Gasteiger partial charge in [0.25, 0.3) is 0 Å². The van der Waals surface area contributed by atoms with Crippen LogP contribution in [0.15, 0.2) is 152 Å². The van der Waals surface area contributed by atoms with E-state index in [4.69, 9.17) is 15.0 Å². The molecule has 50 heavy (non-hydrogen) atoms. The van der Waals surface area contributed by atoms with Crippen LogP contribution in [0.1, 0.15) is 0 Å². The summed E-state index contributed by atoms with van der Waals surface area (Å²) in [6.07, 6.45) is 3.77. The Balaban J connectivity index is 1.19. The number of hydrogen-bond donors (Lipinski definition) is 0. The molecule has 0 aliphatic carbocycles. The second-order valence-corrected chi connectivity index (χ2v) is 13.7. The Kier molecular flexibility index (Phi) is 5.76. The van der Waals surface area contributed by atoms with E-state index in [1.54, 1.807) is 0 Å². The number of aromatic nitrogens is 5. The molecule has 6 heteroatoms. The van der Waals surface area contributed by atoms with Crippen molar-refractivity contribution in [2.24, 2.45) is 0 Å². The van der Waals surface area contributed by atoms with Gasteiger partial charge in [-0.3, -0.25) is 9.55 Å². The molecule has 5 aromatic heterocycles. The molecule has 0 radical (unpaired) electrons. The number of nitrogens with zero attached hydrogens (tertiary/aromatic N) is 5. The summed E-state index contributed by atoms with van der Waals surface area (Å²) in [6.45, 7) is 0. The quantitative estimate of drug-likeness (QED) is 0.178. The number of rotatable bonds is 3. The Morgan fingerprint density at radius 2 is 1.22 bits per heavy atom. The Hall–Kier alpha value is -6.50. The molecule has 0 bridgehead atoms. The largest absolute Gasteiger partial charge is 0.276 e. The summed E-state index contributed by atoms with van der Waals surface area (Å²) >= 11 is 1.83. The molecule has 0 amide bonds. The van der Waals surface area contributed by atoms with E-state index in [9.17, 15) is 0 Å². The van der Waals surface area contributed by atoms with Gasteiger partial charge in [-0.05, 0) is 41.8 Å². The SMILES string of the molecule is c1ccc(-c2nc(-n3c4ccc(-c5nc6c(ccc7sc8ccccc8c76)c6ccccc56)cc4c4ccncc43)nc3ccccc23)cc1. The topological polar surface area (TPSA) is 56.5 Å². The van der Waals surface area contributed by atoms with E-state index in [0.717, 1.165) is 66.1 Å². The Bertz CT molecular complexity index is 3160. The summed E-state index contributed by atoms with van der Waals surface area (Å²) in [5.74, 6) is 0.615. The molecule has 0 spiro atoms. The second kappa shape index (κ2) is 10.5. The van der Waals surface area contributed by atoms with Gasteiger partial charge >= 0.3 is 0 Å². The number of benzene rings is 6. The molecule has 0 saturated heterocycles. The van der Waals surface area contributed by atoms with E-state index in [0.29, 0.717) is 5.95 Å². The zero-order chi connectivity index (χ0) is 32.8. The molecule has 5 heterocycles. The highest BCUT2D eigenvalue weighted by atomic mass is 32.1. The summed E-state index contributed by atoms with van der Waals surface area (Å²) in [5, 5.41) is 9.19. The van der Waals surface area contributed by atoms with Crippen molar-refractivity contribution in [3.05, 3.63) is 152 Å². The van der Waals surface area contributed by atoms with Crippen LogP contribution in [0.3, 0.4) is 0 Å². The molecule has 232 valence electrons. The van der Waals surface area contributed by atoms with E-state index < -0.39 is 0 Å². The highest BCUT2D eigenvalue weighted by Crippen LogP contribution is 2.42. The van der Waals surface area contributed by atoms with Gasteiger partial charge < -0.3 is 0 Å². The number of fused-ring (bicyclic) bond motifs is 11. The fraction of sp³-hybridized carbons (Fsp3) is 0. The first-order chi connectivity index (χ1) is 24.8. The second-order valence-electron chi connectivity index (χ2n) is 12.7. The predicted molar refractivity (Wildman–Crippen MR) is 208 cm³/mol. The van der Waals surface area contributed by atoms with Crippen molar-refractivity contribution in [3.8, 4) is 28.5 Å². The number of hydrogen-bond acceptors (Lipinski definition) is 5.